The number of methoxy groups -OCH3 is 1. The van der Waals surface area contributed by atoms with Gasteiger partial charge in [-0.2, -0.15) is 0 Å². The van der Waals surface area contributed by atoms with Crippen LogP contribution in [0.5, 0.6) is 0 Å². The number of nitrogens with zero attached hydrogens (tertiary/aromatic N) is 8. The molecule has 3 aliphatic heterocycles. The van der Waals surface area contributed by atoms with Gasteiger partial charge in [-0.3, -0.25) is 34.1 Å². The number of urea groups is 1. The third-order valence-electron chi connectivity index (χ3n) is 13.7. The van der Waals surface area contributed by atoms with Crippen LogP contribution < -0.4 is 10.7 Å². The van der Waals surface area contributed by atoms with Gasteiger partial charge < -0.3 is 34.1 Å². The number of rotatable bonds is 12. The van der Waals surface area contributed by atoms with Gasteiger partial charge in [0, 0.05) is 119 Å². The van der Waals surface area contributed by atoms with Crippen LogP contribution in [0.2, 0.25) is 0 Å². The summed E-state index contributed by atoms with van der Waals surface area (Å²) in [6, 6.07) is 7.39. The van der Waals surface area contributed by atoms with E-state index in [2.05, 4.69) is 71.8 Å². The molecule has 2 saturated heterocycles. The summed E-state index contributed by atoms with van der Waals surface area (Å²) >= 11 is 1.41. The zero-order chi connectivity index (χ0) is 49.7. The van der Waals surface area contributed by atoms with E-state index >= 15 is 0 Å². The first-order valence-electron chi connectivity index (χ1n) is 24.2. The number of nitrogens with one attached hydrogen (secondary N) is 2. The molecule has 0 radical (unpaired) electrons. The zero-order valence-corrected chi connectivity index (χ0v) is 42.6. The molecule has 3 aliphatic rings. The van der Waals surface area contributed by atoms with Crippen LogP contribution in [0.1, 0.15) is 76.8 Å². The number of aryl methyl sites for hydroxylation is 1. The molecule has 7 rings (SSSR count). The highest BCUT2D eigenvalue weighted by molar-refractivity contribution is 7.10. The molecule has 2 N–H and O–H groups in total. The summed E-state index contributed by atoms with van der Waals surface area (Å²) in [5, 5.41) is 8.16. The zero-order valence-electron chi connectivity index (χ0n) is 41.7. The Morgan fingerprint density at radius 2 is 1.86 bits per heavy atom. The first kappa shape index (κ1) is 51.2. The van der Waals surface area contributed by atoms with Crippen molar-refractivity contribution in [3.05, 3.63) is 70.8 Å². The predicted molar refractivity (Wildman–Crippen MR) is 267 cm³/mol. The van der Waals surface area contributed by atoms with Gasteiger partial charge >= 0.3 is 12.0 Å². The molecule has 6 bridgehead atoms. The summed E-state index contributed by atoms with van der Waals surface area (Å²) in [5.74, 6) is -1.77. The van der Waals surface area contributed by atoms with Crippen LogP contribution in [0, 0.1) is 11.3 Å². The van der Waals surface area contributed by atoms with Crippen molar-refractivity contribution in [3.8, 4) is 22.5 Å². The van der Waals surface area contributed by atoms with E-state index in [0.29, 0.717) is 76.6 Å². The van der Waals surface area contributed by atoms with Gasteiger partial charge in [0.15, 0.2) is 0 Å². The average Bonchev–Trinajstić information content (AvgIpc) is 3.94. The van der Waals surface area contributed by atoms with Crippen molar-refractivity contribution in [2.45, 2.75) is 98.0 Å². The molecule has 3 aromatic heterocycles. The highest BCUT2D eigenvalue weighted by Gasteiger charge is 2.39. The Kier molecular flexibility index (Phi) is 16.3. The highest BCUT2D eigenvalue weighted by atomic mass is 32.1. The lowest BCUT2D eigenvalue weighted by Crippen LogP contribution is -2.63. The molecule has 17 nitrogen and oxygen atoms in total. The molecule has 69 heavy (non-hydrogen) atoms. The van der Waals surface area contributed by atoms with Gasteiger partial charge in [-0.05, 0) is 74.9 Å². The molecule has 18 heteroatoms. The van der Waals surface area contributed by atoms with Gasteiger partial charge in [0.1, 0.15) is 18.1 Å². The topological polar surface area (TPSA) is 175 Å². The van der Waals surface area contributed by atoms with E-state index in [1.54, 1.807) is 37.2 Å². The third-order valence-corrected chi connectivity index (χ3v) is 14.6. The molecule has 0 aliphatic carbocycles. The monoisotopic (exact) mass is 967 g/mol. The van der Waals surface area contributed by atoms with Crippen molar-refractivity contribution < 1.29 is 33.4 Å². The number of carbonyl (C=O) groups is 5. The Balaban J connectivity index is 1.20. The molecule has 2 fully saturated rings. The highest BCUT2D eigenvalue weighted by Crippen LogP contribution is 2.42. The average molecular weight is 967 g/mol. The Labute approximate surface area is 410 Å². The van der Waals surface area contributed by atoms with E-state index in [0.717, 1.165) is 44.7 Å². The lowest BCUT2D eigenvalue weighted by Gasteiger charge is -2.40. The standard InChI is InChI=1S/C51H70N10O7S/c1-11-43(62)56(8)21-22-58-23-25-59(26-24-58)50(66)57(9)45(32(3)4)47(63)54-39-28-42-53-40(30-69-42)34-17-18-41-36(27-34)37(46(60(41)12-2)35-15-13-19-52-44(35)33(5)67-10)29-51(6,7)31-68-49(65)38-16-14-20-61(55-38)48(39)64/h11,13,15,17-19,27,30,32-33,38-39,45,55H,1,12,14,16,20-26,28-29,31H2,2-10H3,(H,54,63)/t33-,38-,39-,45-/m0/s1. The lowest BCUT2D eigenvalue weighted by atomic mass is 9.84. The van der Waals surface area contributed by atoms with Crippen molar-refractivity contribution in [1.29, 1.82) is 0 Å². The number of aromatic nitrogens is 3. The van der Waals surface area contributed by atoms with E-state index in [1.165, 1.54) is 27.3 Å². The van der Waals surface area contributed by atoms with Gasteiger partial charge in [-0.1, -0.05) is 40.3 Å². The fourth-order valence-electron chi connectivity index (χ4n) is 9.81. The Morgan fingerprint density at radius 3 is 2.55 bits per heavy atom. The molecule has 0 unspecified atom stereocenters. The third kappa shape index (κ3) is 11.3. The number of fused-ring (bicyclic) bond motifs is 6. The normalized spacial score (nSPS) is 20.0. The smallest absolute Gasteiger partial charge is 0.324 e. The number of likely N-dealkylation sites (N-methyl/N-ethyl adjacent to an activating group) is 2. The van der Waals surface area contributed by atoms with Crippen LogP contribution in [0.4, 0.5) is 4.79 Å². The number of pyridine rings is 1. The van der Waals surface area contributed by atoms with Crippen LogP contribution in [-0.4, -0.2) is 161 Å². The van der Waals surface area contributed by atoms with Crippen molar-refractivity contribution in [2.24, 2.45) is 11.3 Å². The summed E-state index contributed by atoms with van der Waals surface area (Å²) in [7, 11) is 5.05. The van der Waals surface area contributed by atoms with E-state index in [9.17, 15) is 24.0 Å². The van der Waals surface area contributed by atoms with Crippen molar-refractivity contribution in [2.75, 3.05) is 73.6 Å². The number of piperazine rings is 1. The maximum absolute atomic E-state index is 14.7. The summed E-state index contributed by atoms with van der Waals surface area (Å²) in [6.07, 6.45) is 4.50. The van der Waals surface area contributed by atoms with Crippen LogP contribution in [0.15, 0.2) is 54.6 Å². The number of carbonyl (C=O) groups excluding carboxylic acids is 5. The van der Waals surface area contributed by atoms with Crippen molar-refractivity contribution in [1.82, 2.24) is 49.9 Å². The number of benzene rings is 1. The summed E-state index contributed by atoms with van der Waals surface area (Å²) in [6.45, 7) is 20.2. The number of thiazole rings is 1. The summed E-state index contributed by atoms with van der Waals surface area (Å²) < 4.78 is 14.3. The SMILES string of the molecule is C=CC(=O)N(C)CCN1CCN(C(=O)N(C)[C@H](C(=O)N[C@H]2Cc3nc(cs3)-c3ccc4c(c3)c(c(-c3cccnc3[C@H](C)OC)n4CC)CC(C)(C)COC(=O)[C@@H]3CCCN(N3)C2=O)C(C)C)CC1. The Morgan fingerprint density at radius 1 is 1.10 bits per heavy atom. The maximum Gasteiger partial charge on any atom is 0.324 e. The predicted octanol–water partition coefficient (Wildman–Crippen LogP) is 5.54. The van der Waals surface area contributed by atoms with Crippen molar-refractivity contribution in [3.63, 3.8) is 0 Å². The number of hydrogen-bond donors (Lipinski definition) is 2. The van der Waals surface area contributed by atoms with Gasteiger partial charge in [0.25, 0.3) is 5.91 Å². The second-order valence-corrected chi connectivity index (χ2v) is 20.6. The van der Waals surface area contributed by atoms with Crippen LogP contribution in [0.25, 0.3) is 33.4 Å². The molecule has 5 amide bonds. The van der Waals surface area contributed by atoms with E-state index < -0.39 is 41.3 Å². The molecule has 372 valence electrons. The number of hydrazine groups is 1. The Bertz CT molecular complexity index is 2530. The minimum atomic E-state index is -1.07. The van der Waals surface area contributed by atoms with E-state index in [-0.39, 0.29) is 37.0 Å². The summed E-state index contributed by atoms with van der Waals surface area (Å²) in [4.78, 5) is 86.1. The van der Waals surface area contributed by atoms with Gasteiger partial charge in [-0.25, -0.2) is 15.2 Å². The number of ether oxygens (including phenoxy) is 2. The number of amides is 5. The van der Waals surface area contributed by atoms with Crippen LogP contribution in [-0.2, 0) is 48.0 Å². The maximum atomic E-state index is 14.7. The number of cyclic esters (lactones) is 1. The minimum absolute atomic E-state index is 0.0834. The first-order chi connectivity index (χ1) is 32.9. The van der Waals surface area contributed by atoms with Crippen LogP contribution in [0.3, 0.4) is 0 Å². The first-order valence-corrected chi connectivity index (χ1v) is 25.1. The molecule has 1 aromatic carbocycles. The van der Waals surface area contributed by atoms with Crippen molar-refractivity contribution >= 4 is 52.0 Å². The van der Waals surface area contributed by atoms with Gasteiger partial charge in [-0.15, -0.1) is 11.3 Å². The van der Waals surface area contributed by atoms with E-state index in [4.69, 9.17) is 19.4 Å². The fraction of sp³-hybridized carbons (Fsp3) is 0.549. The van der Waals surface area contributed by atoms with Gasteiger partial charge in [0.2, 0.25) is 11.8 Å². The molecule has 0 saturated carbocycles. The molecule has 0 spiro atoms. The minimum Gasteiger partial charge on any atom is -0.464 e. The molecule has 6 heterocycles. The molecular weight excluding hydrogens is 897 g/mol. The quantitative estimate of drug-likeness (QED) is 0.135. The van der Waals surface area contributed by atoms with Gasteiger partial charge in [0.05, 0.1) is 34.8 Å². The van der Waals surface area contributed by atoms with Crippen LogP contribution >= 0.6 is 11.3 Å². The Hall–Kier alpha value is -5.69. The molecular formula is C51H70N10O7S. The molecule has 4 aromatic rings. The molecule has 4 atom stereocenters. The second kappa shape index (κ2) is 21.9. The fourth-order valence-corrected chi connectivity index (χ4v) is 10.7. The number of esters is 1. The second-order valence-electron chi connectivity index (χ2n) is 19.6. The largest absolute Gasteiger partial charge is 0.464 e. The van der Waals surface area contributed by atoms with E-state index in [1.807, 2.05) is 32.2 Å². The lowest BCUT2D eigenvalue weighted by molar-refractivity contribution is -0.155. The summed E-state index contributed by atoms with van der Waals surface area (Å²) in [5.41, 5.74) is 9.29. The number of hydrogen-bond acceptors (Lipinski definition) is 12.